The topological polar surface area (TPSA) is 53.3 Å². The van der Waals surface area contributed by atoms with Crippen molar-refractivity contribution in [2.75, 3.05) is 6.61 Å². The number of carbonyl (C=O) groups excluding carboxylic acids is 1. The molecule has 0 aliphatic carbocycles. The number of rotatable bonds is 4. The molecule has 1 unspecified atom stereocenters. The molecule has 1 aliphatic heterocycles. The van der Waals surface area contributed by atoms with Gasteiger partial charge in [0.25, 0.3) is 0 Å². The summed E-state index contributed by atoms with van der Waals surface area (Å²) in [6.07, 6.45) is 1.13. The Morgan fingerprint density at radius 1 is 1.44 bits per heavy atom. The predicted octanol–water partition coefficient (Wildman–Crippen LogP) is 2.10. The highest BCUT2D eigenvalue weighted by molar-refractivity contribution is 5.79. The van der Waals surface area contributed by atoms with Gasteiger partial charge in [-0.2, -0.15) is 5.26 Å². The zero-order valence-corrected chi connectivity index (χ0v) is 10.4. The SMILES string of the molecule is CCOc1ccc(CN2C(=O)CCC2C#N)cc1. The van der Waals surface area contributed by atoms with Gasteiger partial charge in [-0.15, -0.1) is 0 Å². The maximum atomic E-state index is 11.7. The van der Waals surface area contributed by atoms with Crippen molar-refractivity contribution in [3.8, 4) is 11.8 Å². The largest absolute Gasteiger partial charge is 0.494 e. The second-order valence-electron chi connectivity index (χ2n) is 4.28. The fourth-order valence-corrected chi connectivity index (χ4v) is 2.12. The monoisotopic (exact) mass is 244 g/mol. The highest BCUT2D eigenvalue weighted by atomic mass is 16.5. The van der Waals surface area contributed by atoms with Gasteiger partial charge >= 0.3 is 0 Å². The lowest BCUT2D eigenvalue weighted by Gasteiger charge is -2.19. The van der Waals surface area contributed by atoms with Crippen molar-refractivity contribution in [3.05, 3.63) is 29.8 Å². The van der Waals surface area contributed by atoms with Gasteiger partial charge in [0.05, 0.1) is 12.7 Å². The van der Waals surface area contributed by atoms with Crippen LogP contribution in [-0.2, 0) is 11.3 Å². The number of carbonyl (C=O) groups is 1. The van der Waals surface area contributed by atoms with Crippen LogP contribution in [0.25, 0.3) is 0 Å². The third-order valence-corrected chi connectivity index (χ3v) is 3.06. The van der Waals surface area contributed by atoms with E-state index in [-0.39, 0.29) is 11.9 Å². The van der Waals surface area contributed by atoms with Crippen LogP contribution in [0.2, 0.25) is 0 Å². The van der Waals surface area contributed by atoms with E-state index in [9.17, 15) is 4.79 Å². The van der Waals surface area contributed by atoms with E-state index in [1.807, 2.05) is 31.2 Å². The zero-order valence-electron chi connectivity index (χ0n) is 10.4. The van der Waals surface area contributed by atoms with Gasteiger partial charge in [-0.1, -0.05) is 12.1 Å². The van der Waals surface area contributed by atoms with Crippen molar-refractivity contribution in [3.63, 3.8) is 0 Å². The van der Waals surface area contributed by atoms with Gasteiger partial charge in [0, 0.05) is 13.0 Å². The summed E-state index contributed by atoms with van der Waals surface area (Å²) in [7, 11) is 0. The number of hydrogen-bond donors (Lipinski definition) is 0. The molecule has 0 aromatic heterocycles. The van der Waals surface area contributed by atoms with Crippen LogP contribution in [0.5, 0.6) is 5.75 Å². The quantitative estimate of drug-likeness (QED) is 0.815. The molecule has 1 aromatic carbocycles. The van der Waals surface area contributed by atoms with E-state index >= 15 is 0 Å². The first-order chi connectivity index (χ1) is 8.74. The minimum Gasteiger partial charge on any atom is -0.494 e. The van der Waals surface area contributed by atoms with E-state index in [0.717, 1.165) is 11.3 Å². The molecule has 0 spiro atoms. The average molecular weight is 244 g/mol. The first kappa shape index (κ1) is 12.4. The minimum atomic E-state index is -0.274. The molecule has 1 aliphatic rings. The third-order valence-electron chi connectivity index (χ3n) is 3.06. The second kappa shape index (κ2) is 5.54. The highest BCUT2D eigenvalue weighted by Gasteiger charge is 2.30. The predicted molar refractivity (Wildman–Crippen MR) is 66.8 cm³/mol. The fourth-order valence-electron chi connectivity index (χ4n) is 2.12. The summed E-state index contributed by atoms with van der Waals surface area (Å²) < 4.78 is 5.36. The molecule has 1 aromatic rings. The molecule has 0 saturated carbocycles. The molecule has 0 N–H and O–H groups in total. The number of hydrogen-bond acceptors (Lipinski definition) is 3. The van der Waals surface area contributed by atoms with Gasteiger partial charge < -0.3 is 9.64 Å². The molecule has 0 bridgehead atoms. The van der Waals surface area contributed by atoms with Crippen LogP contribution in [0, 0.1) is 11.3 Å². The number of amides is 1. The summed E-state index contributed by atoms with van der Waals surface area (Å²) in [4.78, 5) is 13.3. The van der Waals surface area contributed by atoms with Gasteiger partial charge in [-0.25, -0.2) is 0 Å². The van der Waals surface area contributed by atoms with Crippen molar-refractivity contribution < 1.29 is 9.53 Å². The van der Waals surface area contributed by atoms with Crippen LogP contribution in [0.3, 0.4) is 0 Å². The first-order valence-electron chi connectivity index (χ1n) is 6.15. The van der Waals surface area contributed by atoms with Crippen LogP contribution in [0.15, 0.2) is 24.3 Å². The molecule has 18 heavy (non-hydrogen) atoms. The molecule has 0 radical (unpaired) electrons. The van der Waals surface area contributed by atoms with E-state index < -0.39 is 0 Å². The number of nitriles is 1. The zero-order chi connectivity index (χ0) is 13.0. The Bertz CT molecular complexity index is 462. The lowest BCUT2D eigenvalue weighted by Crippen LogP contribution is -2.31. The summed E-state index contributed by atoms with van der Waals surface area (Å²) in [6.45, 7) is 3.08. The maximum Gasteiger partial charge on any atom is 0.224 e. The molecular formula is C14H16N2O2. The molecule has 94 valence electrons. The fraction of sp³-hybridized carbons (Fsp3) is 0.429. The van der Waals surface area contributed by atoms with Crippen molar-refractivity contribution in [1.29, 1.82) is 5.26 Å². The summed E-state index contributed by atoms with van der Waals surface area (Å²) in [5.41, 5.74) is 1.02. The molecule has 1 saturated heterocycles. The van der Waals surface area contributed by atoms with Crippen LogP contribution in [0.4, 0.5) is 0 Å². The summed E-state index contributed by atoms with van der Waals surface area (Å²) in [5.74, 6) is 0.890. The van der Waals surface area contributed by atoms with Gasteiger partial charge in [0.1, 0.15) is 11.8 Å². The van der Waals surface area contributed by atoms with E-state index in [0.29, 0.717) is 26.0 Å². The molecule has 4 nitrogen and oxygen atoms in total. The molecule has 1 amide bonds. The Balaban J connectivity index is 2.04. The van der Waals surface area contributed by atoms with E-state index in [2.05, 4.69) is 6.07 Å². The van der Waals surface area contributed by atoms with Crippen molar-refractivity contribution in [2.45, 2.75) is 32.4 Å². The summed E-state index contributed by atoms with van der Waals surface area (Å²) in [6, 6.07) is 9.55. The molecule has 1 fully saturated rings. The Morgan fingerprint density at radius 3 is 2.78 bits per heavy atom. The van der Waals surface area contributed by atoms with Gasteiger partial charge in [0.15, 0.2) is 0 Å². The molecular weight excluding hydrogens is 228 g/mol. The first-order valence-corrected chi connectivity index (χ1v) is 6.15. The third kappa shape index (κ3) is 2.62. The Labute approximate surface area is 107 Å². The van der Waals surface area contributed by atoms with Crippen molar-refractivity contribution >= 4 is 5.91 Å². The molecule has 1 atom stereocenters. The standard InChI is InChI=1S/C14H16N2O2/c1-2-18-13-6-3-11(4-7-13)10-16-12(9-15)5-8-14(16)17/h3-4,6-7,12H,2,5,8,10H2,1H3. The van der Waals surface area contributed by atoms with E-state index in [1.165, 1.54) is 0 Å². The van der Waals surface area contributed by atoms with Gasteiger partial charge in [-0.3, -0.25) is 4.79 Å². The lowest BCUT2D eigenvalue weighted by molar-refractivity contribution is -0.128. The number of nitrogens with zero attached hydrogens (tertiary/aromatic N) is 2. The van der Waals surface area contributed by atoms with Crippen LogP contribution < -0.4 is 4.74 Å². The number of benzene rings is 1. The Hall–Kier alpha value is -2.02. The average Bonchev–Trinajstić information content (AvgIpc) is 2.73. The Morgan fingerprint density at radius 2 is 2.17 bits per heavy atom. The van der Waals surface area contributed by atoms with Crippen LogP contribution in [0.1, 0.15) is 25.3 Å². The smallest absolute Gasteiger partial charge is 0.224 e. The number of likely N-dealkylation sites (tertiary alicyclic amines) is 1. The number of ether oxygens (including phenoxy) is 1. The van der Waals surface area contributed by atoms with Crippen LogP contribution >= 0.6 is 0 Å². The van der Waals surface area contributed by atoms with Gasteiger partial charge in [-0.05, 0) is 31.0 Å². The second-order valence-corrected chi connectivity index (χ2v) is 4.28. The normalized spacial score (nSPS) is 18.8. The summed E-state index contributed by atoms with van der Waals surface area (Å²) in [5, 5.41) is 8.98. The Kier molecular flexibility index (Phi) is 3.83. The minimum absolute atomic E-state index is 0.0652. The van der Waals surface area contributed by atoms with E-state index in [1.54, 1.807) is 4.90 Å². The molecule has 4 heteroatoms. The van der Waals surface area contributed by atoms with Crippen molar-refractivity contribution in [2.24, 2.45) is 0 Å². The lowest BCUT2D eigenvalue weighted by atomic mass is 10.2. The van der Waals surface area contributed by atoms with Crippen LogP contribution in [-0.4, -0.2) is 23.5 Å². The molecule has 1 heterocycles. The summed E-state index contributed by atoms with van der Waals surface area (Å²) >= 11 is 0. The highest BCUT2D eigenvalue weighted by Crippen LogP contribution is 2.21. The van der Waals surface area contributed by atoms with Gasteiger partial charge in [0.2, 0.25) is 5.91 Å². The molecule has 2 rings (SSSR count). The van der Waals surface area contributed by atoms with E-state index in [4.69, 9.17) is 10.00 Å². The van der Waals surface area contributed by atoms with Crippen molar-refractivity contribution in [1.82, 2.24) is 4.90 Å². The maximum absolute atomic E-state index is 11.7.